The molecule has 0 saturated carbocycles. The molecule has 1 N–H and O–H groups in total. The lowest BCUT2D eigenvalue weighted by Crippen LogP contribution is -2.38. The van der Waals surface area contributed by atoms with Crippen LogP contribution in [0, 0.1) is 0 Å². The van der Waals surface area contributed by atoms with Gasteiger partial charge in [-0.1, -0.05) is 41.4 Å². The third-order valence-corrected chi connectivity index (χ3v) is 4.20. The molecule has 2 aromatic rings. The second-order valence-corrected chi connectivity index (χ2v) is 6.48. The van der Waals surface area contributed by atoms with E-state index in [9.17, 15) is 9.59 Å². The number of nitrogens with zero attached hydrogens (tertiary/aromatic N) is 1. The smallest absolute Gasteiger partial charge is 0.253 e. The predicted octanol–water partition coefficient (Wildman–Crippen LogP) is 3.65. The maximum absolute atomic E-state index is 12.1. The van der Waals surface area contributed by atoms with Crippen LogP contribution in [0.3, 0.4) is 0 Å². The Hall–Kier alpha value is -2.24. The number of carbonyl (C=O) groups excluding carboxylic acids is 2. The first-order valence-corrected chi connectivity index (χ1v) is 8.88. The van der Waals surface area contributed by atoms with Crippen molar-refractivity contribution in [1.82, 2.24) is 10.2 Å². The third-order valence-electron chi connectivity index (χ3n) is 3.65. The monoisotopic (exact) mass is 394 g/mol. The van der Waals surface area contributed by atoms with E-state index in [1.807, 2.05) is 30.3 Å². The molecule has 0 heterocycles. The number of amides is 2. The fourth-order valence-electron chi connectivity index (χ4n) is 2.19. The zero-order chi connectivity index (χ0) is 18.9. The van der Waals surface area contributed by atoms with Crippen LogP contribution in [0.2, 0.25) is 10.0 Å². The normalized spacial score (nSPS) is 10.3. The van der Waals surface area contributed by atoms with E-state index in [2.05, 4.69) is 5.32 Å². The van der Waals surface area contributed by atoms with Gasteiger partial charge in [0, 0.05) is 18.6 Å². The van der Waals surface area contributed by atoms with Gasteiger partial charge in [0.2, 0.25) is 5.91 Å². The lowest BCUT2D eigenvalue weighted by atomic mass is 10.2. The van der Waals surface area contributed by atoms with Crippen molar-refractivity contribution in [3.63, 3.8) is 0 Å². The lowest BCUT2D eigenvalue weighted by Gasteiger charge is -2.17. The van der Waals surface area contributed by atoms with E-state index in [1.54, 1.807) is 18.0 Å². The maximum Gasteiger partial charge on any atom is 0.253 e. The SMILES string of the molecule is CN(CCCOc1ccccc1)C(=O)CNC(=O)c1ccc(Cl)cc1Cl. The van der Waals surface area contributed by atoms with E-state index in [4.69, 9.17) is 27.9 Å². The van der Waals surface area contributed by atoms with Crippen molar-refractivity contribution in [3.05, 3.63) is 64.1 Å². The first-order valence-electron chi connectivity index (χ1n) is 8.12. The fourth-order valence-corrected chi connectivity index (χ4v) is 2.69. The highest BCUT2D eigenvalue weighted by Crippen LogP contribution is 2.20. The highest BCUT2D eigenvalue weighted by atomic mass is 35.5. The van der Waals surface area contributed by atoms with Gasteiger partial charge in [0.15, 0.2) is 0 Å². The number of hydrogen-bond donors (Lipinski definition) is 1. The number of halogens is 2. The highest BCUT2D eigenvalue weighted by molar-refractivity contribution is 6.36. The lowest BCUT2D eigenvalue weighted by molar-refractivity contribution is -0.128. The summed E-state index contributed by atoms with van der Waals surface area (Å²) in [5.74, 6) is 0.192. The summed E-state index contributed by atoms with van der Waals surface area (Å²) in [6.07, 6.45) is 0.689. The second-order valence-electron chi connectivity index (χ2n) is 5.64. The molecule has 7 heteroatoms. The Morgan fingerprint density at radius 1 is 1.12 bits per heavy atom. The summed E-state index contributed by atoms with van der Waals surface area (Å²) in [6, 6.07) is 14.1. The Bertz CT molecular complexity index is 754. The molecule has 0 radical (unpaired) electrons. The van der Waals surface area contributed by atoms with Gasteiger partial charge in [-0.2, -0.15) is 0 Å². The van der Waals surface area contributed by atoms with E-state index >= 15 is 0 Å². The summed E-state index contributed by atoms with van der Waals surface area (Å²) in [4.78, 5) is 25.7. The fraction of sp³-hybridized carbons (Fsp3) is 0.263. The predicted molar refractivity (Wildman–Crippen MR) is 103 cm³/mol. The van der Waals surface area contributed by atoms with Gasteiger partial charge < -0.3 is 15.0 Å². The molecule has 138 valence electrons. The molecule has 0 spiro atoms. The van der Waals surface area contributed by atoms with Crippen molar-refractivity contribution < 1.29 is 14.3 Å². The van der Waals surface area contributed by atoms with Crippen molar-refractivity contribution in [3.8, 4) is 5.75 Å². The summed E-state index contributed by atoms with van der Waals surface area (Å²) in [7, 11) is 1.69. The molecule has 0 aromatic heterocycles. The van der Waals surface area contributed by atoms with E-state index < -0.39 is 5.91 Å². The molecule has 5 nitrogen and oxygen atoms in total. The summed E-state index contributed by atoms with van der Waals surface area (Å²) >= 11 is 11.8. The summed E-state index contributed by atoms with van der Waals surface area (Å²) in [5.41, 5.74) is 0.280. The molecule has 0 fully saturated rings. The van der Waals surface area contributed by atoms with Crippen LogP contribution in [0.4, 0.5) is 0 Å². The minimum atomic E-state index is -0.416. The van der Waals surface area contributed by atoms with Gasteiger partial charge in [-0.25, -0.2) is 0 Å². The summed E-state index contributed by atoms with van der Waals surface area (Å²) in [6.45, 7) is 0.936. The van der Waals surface area contributed by atoms with Crippen LogP contribution < -0.4 is 10.1 Å². The van der Waals surface area contributed by atoms with Crippen LogP contribution >= 0.6 is 23.2 Å². The molecule has 2 aromatic carbocycles. The first-order chi connectivity index (χ1) is 12.5. The van der Waals surface area contributed by atoms with Crippen LogP contribution in [0.1, 0.15) is 16.8 Å². The van der Waals surface area contributed by atoms with Crippen LogP contribution in [0.25, 0.3) is 0 Å². The van der Waals surface area contributed by atoms with Crippen LogP contribution in [-0.4, -0.2) is 43.5 Å². The standard InChI is InChI=1S/C19H20Cl2N2O3/c1-23(10-5-11-26-15-6-3-2-4-7-15)18(24)13-22-19(25)16-9-8-14(20)12-17(16)21/h2-4,6-9,12H,5,10-11,13H2,1H3,(H,22,25). The Balaban J connectivity index is 1.70. The largest absolute Gasteiger partial charge is 0.494 e. The van der Waals surface area contributed by atoms with Crippen molar-refractivity contribution in [2.24, 2.45) is 0 Å². The molecule has 0 saturated heterocycles. The number of benzene rings is 2. The molecule has 0 unspecified atom stereocenters. The van der Waals surface area contributed by atoms with Gasteiger partial charge in [-0.3, -0.25) is 9.59 Å². The number of hydrogen-bond acceptors (Lipinski definition) is 3. The first kappa shape index (κ1) is 20.1. The van der Waals surface area contributed by atoms with Crippen LogP contribution in [-0.2, 0) is 4.79 Å². The van der Waals surface area contributed by atoms with Gasteiger partial charge in [0.1, 0.15) is 5.75 Å². The Labute approximate surface area is 162 Å². The second kappa shape index (κ2) is 10.0. The Morgan fingerprint density at radius 2 is 1.85 bits per heavy atom. The van der Waals surface area contributed by atoms with Crippen molar-refractivity contribution in [2.75, 3.05) is 26.7 Å². The molecule has 0 atom stereocenters. The van der Waals surface area contributed by atoms with Crippen LogP contribution in [0.5, 0.6) is 5.75 Å². The minimum absolute atomic E-state index is 0.103. The average molecular weight is 395 g/mol. The Kier molecular flexibility index (Phi) is 7.75. The van der Waals surface area contributed by atoms with Crippen molar-refractivity contribution >= 4 is 35.0 Å². The maximum atomic E-state index is 12.1. The van der Waals surface area contributed by atoms with Gasteiger partial charge in [-0.15, -0.1) is 0 Å². The Morgan fingerprint density at radius 3 is 2.54 bits per heavy atom. The third kappa shape index (κ3) is 6.24. The van der Waals surface area contributed by atoms with E-state index in [-0.39, 0.29) is 23.0 Å². The van der Waals surface area contributed by atoms with E-state index in [1.165, 1.54) is 12.1 Å². The number of ether oxygens (including phenoxy) is 1. The molecule has 2 rings (SSSR count). The van der Waals surface area contributed by atoms with Gasteiger partial charge in [0.25, 0.3) is 5.91 Å². The molecular weight excluding hydrogens is 375 g/mol. The van der Waals surface area contributed by atoms with E-state index in [0.29, 0.717) is 24.6 Å². The average Bonchev–Trinajstić information content (AvgIpc) is 2.63. The number of rotatable bonds is 8. The van der Waals surface area contributed by atoms with Crippen LogP contribution in [0.15, 0.2) is 48.5 Å². The zero-order valence-electron chi connectivity index (χ0n) is 14.4. The van der Waals surface area contributed by atoms with Gasteiger partial charge in [-0.05, 0) is 36.8 Å². The van der Waals surface area contributed by atoms with Gasteiger partial charge in [0.05, 0.1) is 23.7 Å². The molecule has 2 amide bonds. The minimum Gasteiger partial charge on any atom is -0.494 e. The molecule has 0 aliphatic heterocycles. The molecule has 26 heavy (non-hydrogen) atoms. The summed E-state index contributed by atoms with van der Waals surface area (Å²) < 4.78 is 5.58. The number of likely N-dealkylation sites (N-methyl/N-ethyl adjacent to an activating group) is 1. The van der Waals surface area contributed by atoms with Crippen molar-refractivity contribution in [1.29, 1.82) is 0 Å². The number of carbonyl (C=O) groups is 2. The molecular formula is C19H20Cl2N2O3. The van der Waals surface area contributed by atoms with E-state index in [0.717, 1.165) is 5.75 Å². The topological polar surface area (TPSA) is 58.6 Å². The molecule has 0 aliphatic rings. The van der Waals surface area contributed by atoms with Crippen molar-refractivity contribution in [2.45, 2.75) is 6.42 Å². The zero-order valence-corrected chi connectivity index (χ0v) is 15.9. The number of nitrogens with one attached hydrogen (secondary N) is 1. The molecule has 0 aliphatic carbocycles. The van der Waals surface area contributed by atoms with Gasteiger partial charge >= 0.3 is 0 Å². The molecule has 0 bridgehead atoms. The highest BCUT2D eigenvalue weighted by Gasteiger charge is 2.14. The summed E-state index contributed by atoms with van der Waals surface area (Å²) in [5, 5.41) is 3.26. The number of para-hydroxylation sites is 1. The quantitative estimate of drug-likeness (QED) is 0.695.